The molecule has 0 unspecified atom stereocenters. The summed E-state index contributed by atoms with van der Waals surface area (Å²) in [6.45, 7) is 0. The van der Waals surface area contributed by atoms with Crippen LogP contribution in [0.4, 0.5) is 11.4 Å². The fraction of sp³-hybridized carbons (Fsp3) is 0.0556. The lowest BCUT2D eigenvalue weighted by Gasteiger charge is -2.07. The monoisotopic (exact) mass is 396 g/mol. The minimum Gasteiger partial charge on any atom is -0.325 e. The lowest BCUT2D eigenvalue weighted by molar-refractivity contribution is -0.384. The van der Waals surface area contributed by atoms with E-state index in [0.717, 1.165) is 10.6 Å². The minimum atomic E-state index is -0.503. The van der Waals surface area contributed by atoms with Gasteiger partial charge in [-0.05, 0) is 35.7 Å². The molecule has 0 atom stereocenters. The van der Waals surface area contributed by atoms with Crippen LogP contribution in [0.15, 0.2) is 58.9 Å². The van der Waals surface area contributed by atoms with Gasteiger partial charge >= 0.3 is 0 Å². The molecule has 0 saturated carbocycles. The Hall–Kier alpha value is -3.22. The third-order valence-corrected chi connectivity index (χ3v) is 5.34. The molecule has 2 heterocycles. The zero-order valence-electron chi connectivity index (χ0n) is 13.8. The van der Waals surface area contributed by atoms with Crippen LogP contribution >= 0.6 is 23.1 Å². The van der Waals surface area contributed by atoms with Crippen molar-refractivity contribution in [3.63, 3.8) is 0 Å². The van der Waals surface area contributed by atoms with Gasteiger partial charge in [-0.25, -0.2) is 4.98 Å². The van der Waals surface area contributed by atoms with Gasteiger partial charge in [-0.2, -0.15) is 5.26 Å². The first-order chi connectivity index (χ1) is 13.1. The van der Waals surface area contributed by atoms with Crippen LogP contribution in [-0.4, -0.2) is 21.6 Å². The Morgan fingerprint density at radius 1 is 1.26 bits per heavy atom. The first kappa shape index (κ1) is 18.6. The number of rotatable bonds is 6. The molecule has 3 rings (SSSR count). The van der Waals surface area contributed by atoms with E-state index in [-0.39, 0.29) is 17.3 Å². The zero-order valence-corrected chi connectivity index (χ0v) is 15.4. The van der Waals surface area contributed by atoms with Crippen LogP contribution < -0.4 is 5.32 Å². The summed E-state index contributed by atoms with van der Waals surface area (Å²) < 4.78 is 0. The number of nitrogens with one attached hydrogen (secondary N) is 1. The highest BCUT2D eigenvalue weighted by Gasteiger charge is 2.12. The van der Waals surface area contributed by atoms with E-state index in [1.807, 2.05) is 17.5 Å². The Labute approximate surface area is 162 Å². The van der Waals surface area contributed by atoms with Crippen molar-refractivity contribution >= 4 is 40.4 Å². The summed E-state index contributed by atoms with van der Waals surface area (Å²) in [5.74, 6) is -0.229. The average Bonchev–Trinajstić information content (AvgIpc) is 3.21. The van der Waals surface area contributed by atoms with Crippen molar-refractivity contribution in [3.05, 3.63) is 69.6 Å². The molecule has 0 bridgehead atoms. The van der Waals surface area contributed by atoms with Gasteiger partial charge < -0.3 is 5.32 Å². The van der Waals surface area contributed by atoms with Gasteiger partial charge in [0.15, 0.2) is 0 Å². The highest BCUT2D eigenvalue weighted by Crippen LogP contribution is 2.28. The summed E-state index contributed by atoms with van der Waals surface area (Å²) in [6, 6.07) is 15.0. The summed E-state index contributed by atoms with van der Waals surface area (Å²) in [7, 11) is 0. The molecule has 0 aliphatic rings. The fourth-order valence-electron chi connectivity index (χ4n) is 2.19. The molecule has 2 aromatic heterocycles. The van der Waals surface area contributed by atoms with E-state index in [9.17, 15) is 20.2 Å². The maximum absolute atomic E-state index is 12.1. The van der Waals surface area contributed by atoms with Crippen molar-refractivity contribution in [3.8, 4) is 16.6 Å². The van der Waals surface area contributed by atoms with Crippen LogP contribution in [-0.2, 0) is 4.79 Å². The number of anilines is 1. The number of non-ortho nitro benzene ring substituents is 1. The topological polar surface area (TPSA) is 109 Å². The normalized spacial score (nSPS) is 10.2. The molecule has 1 aromatic carbocycles. The van der Waals surface area contributed by atoms with E-state index in [0.29, 0.717) is 16.3 Å². The van der Waals surface area contributed by atoms with Gasteiger partial charge in [0.05, 0.1) is 26.8 Å². The predicted molar refractivity (Wildman–Crippen MR) is 105 cm³/mol. The first-order valence-electron chi connectivity index (χ1n) is 7.69. The second kappa shape index (κ2) is 8.44. The van der Waals surface area contributed by atoms with Crippen molar-refractivity contribution in [1.29, 1.82) is 5.26 Å². The number of thiophene rings is 1. The Kier molecular flexibility index (Phi) is 5.80. The van der Waals surface area contributed by atoms with Crippen LogP contribution in [0, 0.1) is 21.4 Å². The van der Waals surface area contributed by atoms with Gasteiger partial charge in [0, 0.05) is 17.8 Å². The summed E-state index contributed by atoms with van der Waals surface area (Å²) in [5, 5.41) is 25.0. The van der Waals surface area contributed by atoms with E-state index in [1.165, 1.54) is 36.0 Å². The van der Waals surface area contributed by atoms with Crippen LogP contribution in [0.1, 0.15) is 5.56 Å². The summed E-state index contributed by atoms with van der Waals surface area (Å²) >= 11 is 2.71. The molecule has 1 N–H and O–H groups in total. The van der Waals surface area contributed by atoms with Gasteiger partial charge in [0.1, 0.15) is 11.1 Å². The molecule has 27 heavy (non-hydrogen) atoms. The van der Waals surface area contributed by atoms with Gasteiger partial charge in [-0.1, -0.05) is 17.8 Å². The van der Waals surface area contributed by atoms with E-state index in [2.05, 4.69) is 16.4 Å². The lowest BCUT2D eigenvalue weighted by Crippen LogP contribution is -2.14. The summed E-state index contributed by atoms with van der Waals surface area (Å²) in [4.78, 5) is 27.8. The molecule has 0 aliphatic heterocycles. The third-order valence-electron chi connectivity index (χ3n) is 3.46. The molecule has 0 spiro atoms. The Morgan fingerprint density at radius 2 is 2.04 bits per heavy atom. The Balaban J connectivity index is 1.66. The molecule has 9 heteroatoms. The van der Waals surface area contributed by atoms with E-state index < -0.39 is 4.92 Å². The fourth-order valence-corrected chi connectivity index (χ4v) is 3.66. The van der Waals surface area contributed by atoms with Crippen LogP contribution in [0.3, 0.4) is 0 Å². The number of hydrogen-bond acceptors (Lipinski definition) is 7. The molecule has 3 aromatic rings. The number of thioether (sulfide) groups is 1. The molecule has 0 saturated heterocycles. The number of carbonyl (C=O) groups is 1. The van der Waals surface area contributed by atoms with E-state index >= 15 is 0 Å². The Morgan fingerprint density at radius 3 is 2.67 bits per heavy atom. The number of nitrogens with zero attached hydrogens (tertiary/aromatic N) is 3. The molecule has 1 amide bonds. The quantitative estimate of drug-likeness (QED) is 0.377. The highest BCUT2D eigenvalue weighted by atomic mass is 32.2. The highest BCUT2D eigenvalue weighted by molar-refractivity contribution is 8.00. The van der Waals surface area contributed by atoms with Crippen LogP contribution in [0.5, 0.6) is 0 Å². The average molecular weight is 396 g/mol. The van der Waals surface area contributed by atoms with Crippen molar-refractivity contribution in [1.82, 2.24) is 4.98 Å². The third kappa shape index (κ3) is 4.69. The summed E-state index contributed by atoms with van der Waals surface area (Å²) in [6.07, 6.45) is 0. The van der Waals surface area contributed by atoms with Gasteiger partial charge in [0.2, 0.25) is 5.91 Å². The zero-order chi connectivity index (χ0) is 19.2. The van der Waals surface area contributed by atoms with Gasteiger partial charge in [-0.3, -0.25) is 14.9 Å². The van der Waals surface area contributed by atoms with Gasteiger partial charge in [-0.15, -0.1) is 11.3 Å². The number of benzene rings is 1. The number of nitriles is 1. The van der Waals surface area contributed by atoms with E-state index in [1.54, 1.807) is 23.5 Å². The lowest BCUT2D eigenvalue weighted by atomic mass is 10.2. The SMILES string of the molecule is N#Cc1ccc(-c2cccs2)nc1SCC(=O)Nc1ccc([N+](=O)[O-])cc1. The standard InChI is InChI=1S/C18H12N4O3S2/c19-10-12-3-8-15(16-2-1-9-26-16)21-18(12)27-11-17(23)20-13-4-6-14(7-5-13)22(24)25/h1-9H,11H2,(H,20,23). The van der Waals surface area contributed by atoms with Crippen LogP contribution in [0.25, 0.3) is 10.6 Å². The number of carbonyl (C=O) groups excluding carboxylic acids is 1. The number of pyridine rings is 1. The largest absolute Gasteiger partial charge is 0.325 e. The second-order valence-electron chi connectivity index (χ2n) is 5.28. The molecule has 134 valence electrons. The van der Waals surface area contributed by atoms with E-state index in [4.69, 9.17) is 0 Å². The molecule has 7 nitrogen and oxygen atoms in total. The smallest absolute Gasteiger partial charge is 0.269 e. The molecular weight excluding hydrogens is 384 g/mol. The molecular formula is C18H12N4O3S2. The number of nitro benzene ring substituents is 1. The first-order valence-corrected chi connectivity index (χ1v) is 9.55. The number of amides is 1. The predicted octanol–water partition coefficient (Wildman–Crippen LogP) is 4.32. The van der Waals surface area contributed by atoms with Crippen molar-refractivity contribution in [2.75, 3.05) is 11.1 Å². The molecule has 0 aliphatic carbocycles. The molecule has 0 fully saturated rings. The number of nitro groups is 1. The maximum atomic E-state index is 12.1. The minimum absolute atomic E-state index is 0.0457. The summed E-state index contributed by atoms with van der Waals surface area (Å²) in [5.41, 5.74) is 1.58. The molecule has 0 radical (unpaired) electrons. The Bertz CT molecular complexity index is 1010. The van der Waals surface area contributed by atoms with Crippen molar-refractivity contribution in [2.45, 2.75) is 5.03 Å². The van der Waals surface area contributed by atoms with Crippen LogP contribution in [0.2, 0.25) is 0 Å². The van der Waals surface area contributed by atoms with Crippen molar-refractivity contribution in [2.24, 2.45) is 0 Å². The number of hydrogen-bond donors (Lipinski definition) is 1. The van der Waals surface area contributed by atoms with Crippen molar-refractivity contribution < 1.29 is 9.72 Å². The van der Waals surface area contributed by atoms with Gasteiger partial charge in [0.25, 0.3) is 5.69 Å². The second-order valence-corrected chi connectivity index (χ2v) is 7.19. The maximum Gasteiger partial charge on any atom is 0.269 e. The number of aromatic nitrogens is 1.